The fourth-order valence-electron chi connectivity index (χ4n) is 4.42. The molecule has 0 saturated carbocycles. The third kappa shape index (κ3) is 4.16. The predicted octanol–water partition coefficient (Wildman–Crippen LogP) is 7.94. The molecule has 0 fully saturated rings. The van der Waals surface area contributed by atoms with E-state index in [1.165, 1.54) is 11.1 Å². The Morgan fingerprint density at radius 1 is 0.343 bits per heavy atom. The zero-order valence-corrected chi connectivity index (χ0v) is 19.1. The monoisotopic (exact) mass is 449 g/mol. The smallest absolute Gasteiger partial charge is 0.168 e. The van der Waals surface area contributed by atoms with E-state index in [0.29, 0.717) is 0 Å². The van der Waals surface area contributed by atoms with E-state index >= 15 is 0 Å². The summed E-state index contributed by atoms with van der Waals surface area (Å²) < 4.78 is 2.15. The zero-order valence-electron chi connectivity index (χ0n) is 19.1. The van der Waals surface area contributed by atoms with Crippen LogP contribution in [0.5, 0.6) is 0 Å². The molecule has 3 nitrogen and oxygen atoms in total. The Kier molecular flexibility index (Phi) is 5.50. The van der Waals surface area contributed by atoms with Gasteiger partial charge in [-0.15, -0.1) is 10.2 Å². The Bertz CT molecular complexity index is 1470. The van der Waals surface area contributed by atoms with Gasteiger partial charge in [0, 0.05) is 16.8 Å². The summed E-state index contributed by atoms with van der Waals surface area (Å²) in [5.74, 6) is 1.63. The van der Waals surface area contributed by atoms with E-state index in [0.717, 1.165) is 39.6 Å². The maximum Gasteiger partial charge on any atom is 0.168 e. The van der Waals surface area contributed by atoms with Gasteiger partial charge in [-0.25, -0.2) is 0 Å². The number of nitrogens with zero attached hydrogens (tertiary/aromatic N) is 3. The van der Waals surface area contributed by atoms with Gasteiger partial charge < -0.3 is 0 Å². The molecule has 166 valence electrons. The molecule has 0 spiro atoms. The molecule has 6 rings (SSSR count). The summed E-state index contributed by atoms with van der Waals surface area (Å²) in [6, 6.07) is 48.1. The first-order valence-electron chi connectivity index (χ1n) is 11.7. The second-order valence-electron chi connectivity index (χ2n) is 8.41. The summed E-state index contributed by atoms with van der Waals surface area (Å²) in [6.45, 7) is 0. The van der Waals surface area contributed by atoms with Crippen LogP contribution in [-0.2, 0) is 0 Å². The minimum Gasteiger partial charge on any atom is -0.275 e. The van der Waals surface area contributed by atoms with Crippen molar-refractivity contribution >= 4 is 0 Å². The molecular formula is C32H23N3. The van der Waals surface area contributed by atoms with Crippen LogP contribution in [0.4, 0.5) is 0 Å². The lowest BCUT2D eigenvalue weighted by Crippen LogP contribution is -2.00. The van der Waals surface area contributed by atoms with Gasteiger partial charge in [0.05, 0.1) is 0 Å². The molecule has 0 atom stereocenters. The summed E-state index contributed by atoms with van der Waals surface area (Å²) in [5, 5.41) is 9.38. The van der Waals surface area contributed by atoms with Crippen LogP contribution in [0.1, 0.15) is 0 Å². The number of hydrogen-bond donors (Lipinski definition) is 0. The third-order valence-corrected chi connectivity index (χ3v) is 6.13. The molecule has 0 radical (unpaired) electrons. The van der Waals surface area contributed by atoms with E-state index in [1.54, 1.807) is 0 Å². The van der Waals surface area contributed by atoms with Crippen LogP contribution in [-0.4, -0.2) is 14.8 Å². The highest BCUT2D eigenvalue weighted by Crippen LogP contribution is 2.32. The molecule has 1 heterocycles. The van der Waals surface area contributed by atoms with Crippen molar-refractivity contribution in [3.63, 3.8) is 0 Å². The predicted molar refractivity (Wildman–Crippen MR) is 143 cm³/mol. The fourth-order valence-corrected chi connectivity index (χ4v) is 4.42. The first kappa shape index (κ1) is 20.8. The van der Waals surface area contributed by atoms with E-state index in [4.69, 9.17) is 0 Å². The van der Waals surface area contributed by atoms with Crippen molar-refractivity contribution in [3.8, 4) is 50.7 Å². The van der Waals surface area contributed by atoms with Crippen LogP contribution in [0, 0.1) is 0 Å². The van der Waals surface area contributed by atoms with E-state index in [1.807, 2.05) is 30.3 Å². The van der Waals surface area contributed by atoms with Gasteiger partial charge in [0.15, 0.2) is 11.6 Å². The number of hydrogen-bond acceptors (Lipinski definition) is 2. The molecule has 6 aromatic rings. The van der Waals surface area contributed by atoms with Gasteiger partial charge in [-0.3, -0.25) is 4.57 Å². The molecule has 0 aliphatic heterocycles. The van der Waals surface area contributed by atoms with E-state index in [2.05, 4.69) is 124 Å². The quantitative estimate of drug-likeness (QED) is 0.267. The van der Waals surface area contributed by atoms with Gasteiger partial charge in [-0.2, -0.15) is 0 Å². The highest BCUT2D eigenvalue weighted by molar-refractivity contribution is 5.75. The molecule has 0 aliphatic rings. The summed E-state index contributed by atoms with van der Waals surface area (Å²) >= 11 is 0. The summed E-state index contributed by atoms with van der Waals surface area (Å²) in [7, 11) is 0. The average molecular weight is 450 g/mol. The fraction of sp³-hybridized carbons (Fsp3) is 0. The third-order valence-electron chi connectivity index (χ3n) is 6.13. The highest BCUT2D eigenvalue weighted by atomic mass is 15.3. The molecular weight excluding hydrogens is 426 g/mol. The van der Waals surface area contributed by atoms with E-state index in [9.17, 15) is 0 Å². The second-order valence-corrected chi connectivity index (χ2v) is 8.41. The Morgan fingerprint density at radius 3 is 1.17 bits per heavy atom. The maximum absolute atomic E-state index is 4.69. The van der Waals surface area contributed by atoms with Crippen molar-refractivity contribution in [1.82, 2.24) is 14.8 Å². The van der Waals surface area contributed by atoms with Gasteiger partial charge in [-0.1, -0.05) is 115 Å². The Labute approximate surface area is 205 Å². The standard InChI is InChI=1S/C32H23N3/c1-4-12-24(13-5-1)26-16-10-18-28(22-26)31-33-34-32(35(31)30-20-8-3-9-21-30)29-19-11-17-27(23-29)25-14-6-2-7-15-25/h1-23H. The SMILES string of the molecule is c1ccc(-c2cccc(-c3nnc(-c4cccc(-c5ccccc5)c4)n3-c3ccccc3)c2)cc1. The summed E-state index contributed by atoms with van der Waals surface area (Å²) in [6.07, 6.45) is 0. The van der Waals surface area contributed by atoms with Gasteiger partial charge in [0.1, 0.15) is 0 Å². The van der Waals surface area contributed by atoms with Crippen LogP contribution in [0.15, 0.2) is 140 Å². The molecule has 0 aliphatic carbocycles. The van der Waals surface area contributed by atoms with Crippen molar-refractivity contribution in [3.05, 3.63) is 140 Å². The van der Waals surface area contributed by atoms with Crippen LogP contribution in [0.3, 0.4) is 0 Å². The first-order chi connectivity index (χ1) is 17.4. The molecule has 5 aromatic carbocycles. The minimum absolute atomic E-state index is 0.814. The number of para-hydroxylation sites is 1. The Morgan fingerprint density at radius 2 is 0.714 bits per heavy atom. The minimum atomic E-state index is 0.814. The largest absolute Gasteiger partial charge is 0.275 e. The number of benzene rings is 5. The molecule has 0 amide bonds. The normalized spacial score (nSPS) is 10.9. The molecule has 3 heteroatoms. The van der Waals surface area contributed by atoms with Crippen LogP contribution < -0.4 is 0 Å². The first-order valence-corrected chi connectivity index (χ1v) is 11.7. The summed E-state index contributed by atoms with van der Waals surface area (Å²) in [4.78, 5) is 0. The highest BCUT2D eigenvalue weighted by Gasteiger charge is 2.18. The van der Waals surface area contributed by atoms with Gasteiger partial charge in [0.25, 0.3) is 0 Å². The van der Waals surface area contributed by atoms with Crippen molar-refractivity contribution < 1.29 is 0 Å². The Balaban J connectivity index is 1.51. The van der Waals surface area contributed by atoms with Crippen molar-refractivity contribution in [1.29, 1.82) is 0 Å². The van der Waals surface area contributed by atoms with Crippen LogP contribution >= 0.6 is 0 Å². The van der Waals surface area contributed by atoms with Crippen LogP contribution in [0.2, 0.25) is 0 Å². The molecule has 1 aromatic heterocycles. The van der Waals surface area contributed by atoms with E-state index < -0.39 is 0 Å². The number of rotatable bonds is 5. The van der Waals surface area contributed by atoms with Crippen molar-refractivity contribution in [2.75, 3.05) is 0 Å². The molecule has 0 saturated heterocycles. The summed E-state index contributed by atoms with van der Waals surface area (Å²) in [5.41, 5.74) is 7.72. The topological polar surface area (TPSA) is 30.7 Å². The van der Waals surface area contributed by atoms with Crippen LogP contribution in [0.25, 0.3) is 50.7 Å². The van der Waals surface area contributed by atoms with Gasteiger partial charge in [-0.05, 0) is 46.5 Å². The molecule has 0 unspecified atom stereocenters. The lowest BCUT2D eigenvalue weighted by Gasteiger charge is -2.12. The lowest BCUT2D eigenvalue weighted by atomic mass is 10.0. The maximum atomic E-state index is 4.69. The number of aromatic nitrogens is 3. The molecule has 35 heavy (non-hydrogen) atoms. The molecule has 0 N–H and O–H groups in total. The molecule has 0 bridgehead atoms. The second kappa shape index (κ2) is 9.24. The lowest BCUT2D eigenvalue weighted by molar-refractivity contribution is 1.07. The van der Waals surface area contributed by atoms with Gasteiger partial charge in [0.2, 0.25) is 0 Å². The zero-order chi connectivity index (χ0) is 23.5. The average Bonchev–Trinajstić information content (AvgIpc) is 3.40. The van der Waals surface area contributed by atoms with Gasteiger partial charge >= 0.3 is 0 Å². The Hall–Kier alpha value is -4.76. The van der Waals surface area contributed by atoms with Crippen molar-refractivity contribution in [2.45, 2.75) is 0 Å². The van der Waals surface area contributed by atoms with E-state index in [-0.39, 0.29) is 0 Å². The van der Waals surface area contributed by atoms with Crippen molar-refractivity contribution in [2.24, 2.45) is 0 Å².